The summed E-state index contributed by atoms with van der Waals surface area (Å²) in [4.78, 5) is 8.58. The van der Waals surface area contributed by atoms with Gasteiger partial charge in [0.15, 0.2) is 0 Å². The van der Waals surface area contributed by atoms with E-state index in [1.807, 2.05) is 0 Å². The number of carbonyl (C=O) groups is 1. The van der Waals surface area contributed by atoms with Crippen molar-refractivity contribution in [1.29, 1.82) is 0 Å². The van der Waals surface area contributed by atoms with Crippen LogP contribution in [0.3, 0.4) is 0 Å². The number of rotatable bonds is 0. The first-order valence-electron chi connectivity index (χ1n) is 0.569. The molecule has 0 atom stereocenters. The van der Waals surface area contributed by atoms with Gasteiger partial charge in [-0.3, -0.25) is 4.79 Å². The Morgan fingerprint density at radius 3 is 1.60 bits per heavy atom. The van der Waals surface area contributed by atoms with Gasteiger partial charge in [0.25, 0.3) is 0 Å². The zero-order chi connectivity index (χ0) is 2.71. The van der Waals surface area contributed by atoms with E-state index in [0.29, 0.717) is 0 Å². The molecule has 0 unspecified atom stereocenters. The SMILES string of the molecule is NC=O.[Cl-].[Na+]. The number of hydrogen-bond acceptors (Lipinski definition) is 1. The van der Waals surface area contributed by atoms with Crippen molar-refractivity contribution in [2.24, 2.45) is 5.73 Å². The van der Waals surface area contributed by atoms with Gasteiger partial charge in [0.05, 0.1) is 0 Å². The van der Waals surface area contributed by atoms with Crippen LogP contribution in [0.1, 0.15) is 0 Å². The monoisotopic (exact) mass is 103 g/mol. The smallest absolute Gasteiger partial charge is 1.00 e. The third kappa shape index (κ3) is 62.8. The average molecular weight is 103 g/mol. The maximum absolute atomic E-state index is 8.58. The molecule has 0 fully saturated rings. The number of halogens is 1. The molecule has 0 aliphatic carbocycles. The van der Waals surface area contributed by atoms with Crippen LogP contribution in [-0.4, -0.2) is 6.41 Å². The molecule has 2 nitrogen and oxygen atoms in total. The van der Waals surface area contributed by atoms with Gasteiger partial charge in [0.2, 0.25) is 6.41 Å². The molecule has 0 aliphatic rings. The fourth-order valence-electron chi connectivity index (χ4n) is 0. The van der Waals surface area contributed by atoms with Gasteiger partial charge in [0.1, 0.15) is 0 Å². The van der Waals surface area contributed by atoms with E-state index < -0.39 is 0 Å². The maximum Gasteiger partial charge on any atom is 1.00 e. The Morgan fingerprint density at radius 1 is 1.60 bits per heavy atom. The summed E-state index contributed by atoms with van der Waals surface area (Å²) in [5.41, 5.74) is 4.17. The predicted molar refractivity (Wildman–Crippen MR) is 10.3 cm³/mol. The summed E-state index contributed by atoms with van der Waals surface area (Å²) in [6.07, 6.45) is 0.250. The summed E-state index contributed by atoms with van der Waals surface area (Å²) in [6.45, 7) is 0. The van der Waals surface area contributed by atoms with E-state index in [1.165, 1.54) is 0 Å². The second-order valence-electron chi connectivity index (χ2n) is 0.136. The first-order valence-corrected chi connectivity index (χ1v) is 0.569. The molecule has 2 N–H and O–H groups in total. The summed E-state index contributed by atoms with van der Waals surface area (Å²) in [5, 5.41) is 0. The summed E-state index contributed by atoms with van der Waals surface area (Å²) in [6, 6.07) is 0. The van der Waals surface area contributed by atoms with E-state index in [4.69, 9.17) is 4.79 Å². The molecule has 0 rings (SSSR count). The van der Waals surface area contributed by atoms with Gasteiger partial charge in [-0.15, -0.1) is 0 Å². The molecule has 0 aromatic heterocycles. The minimum Gasteiger partial charge on any atom is -1.00 e. The third-order valence-corrected chi connectivity index (χ3v) is 0. The van der Waals surface area contributed by atoms with Crippen LogP contribution < -0.4 is 47.7 Å². The quantitative estimate of drug-likeness (QED) is 0.240. The van der Waals surface area contributed by atoms with Crippen molar-refractivity contribution in [2.75, 3.05) is 0 Å². The van der Waals surface area contributed by atoms with E-state index in [0.717, 1.165) is 0 Å². The molecule has 5 heavy (non-hydrogen) atoms. The molecule has 0 spiro atoms. The molecule has 0 radical (unpaired) electrons. The van der Waals surface area contributed by atoms with Crippen molar-refractivity contribution in [2.45, 2.75) is 0 Å². The van der Waals surface area contributed by atoms with Crippen LogP contribution in [0.15, 0.2) is 0 Å². The van der Waals surface area contributed by atoms with Crippen LogP contribution in [0.25, 0.3) is 0 Å². The van der Waals surface area contributed by atoms with Crippen molar-refractivity contribution in [3.63, 3.8) is 0 Å². The molecule has 0 aromatic rings. The Balaban J connectivity index is -0.0000000200. The number of carbonyl (C=O) groups excluding carboxylic acids is 1. The first kappa shape index (κ1) is 17.1. The molecule has 26 valence electrons. The number of primary amides is 1. The fourth-order valence-corrected chi connectivity index (χ4v) is 0. The standard InChI is InChI=1S/CH3NO.ClH.Na/c2-1-3;;/h1H,(H2,2,3);1H;/q;;+1/p-1. The Kier molecular flexibility index (Phi) is 74.4. The Hall–Kier alpha value is 0.760. The van der Waals surface area contributed by atoms with Crippen LogP contribution in [0.4, 0.5) is 0 Å². The number of nitrogens with two attached hydrogens (primary N) is 1. The van der Waals surface area contributed by atoms with E-state index >= 15 is 0 Å². The van der Waals surface area contributed by atoms with Crippen molar-refractivity contribution >= 4 is 6.41 Å². The molecule has 0 bridgehead atoms. The molecular formula is CH3ClNNaO. The zero-order valence-corrected chi connectivity index (χ0v) is 5.70. The van der Waals surface area contributed by atoms with Crippen LogP contribution in [0.2, 0.25) is 0 Å². The second kappa shape index (κ2) is 21.7. The molecule has 0 aliphatic heterocycles. The average Bonchev–Trinajstić information content (AvgIpc) is 0.918. The number of amides is 1. The topological polar surface area (TPSA) is 43.1 Å². The molecule has 0 saturated carbocycles. The van der Waals surface area contributed by atoms with Gasteiger partial charge in [-0.1, -0.05) is 0 Å². The zero-order valence-electron chi connectivity index (χ0n) is 2.94. The van der Waals surface area contributed by atoms with E-state index in [1.54, 1.807) is 0 Å². The third-order valence-electron chi connectivity index (χ3n) is 0. The van der Waals surface area contributed by atoms with Crippen molar-refractivity contribution in [3.8, 4) is 0 Å². The Labute approximate surface area is 58.8 Å². The molecule has 0 aromatic carbocycles. The minimum absolute atomic E-state index is 0. The van der Waals surface area contributed by atoms with E-state index in [9.17, 15) is 0 Å². The Bertz CT molecular complexity index is 19.1. The second-order valence-corrected chi connectivity index (χ2v) is 0.136. The summed E-state index contributed by atoms with van der Waals surface area (Å²) in [5.74, 6) is 0. The fraction of sp³-hybridized carbons (Fsp3) is 0. The molecule has 1 amide bonds. The normalized spacial score (nSPS) is 2.40. The van der Waals surface area contributed by atoms with Gasteiger partial charge in [-0.2, -0.15) is 0 Å². The Morgan fingerprint density at radius 2 is 1.60 bits per heavy atom. The van der Waals surface area contributed by atoms with E-state index in [-0.39, 0.29) is 48.4 Å². The minimum atomic E-state index is 0. The van der Waals surface area contributed by atoms with Gasteiger partial charge in [-0.05, 0) is 0 Å². The largest absolute Gasteiger partial charge is 1.00 e. The summed E-state index contributed by atoms with van der Waals surface area (Å²) in [7, 11) is 0. The molecule has 0 saturated heterocycles. The van der Waals surface area contributed by atoms with Gasteiger partial charge >= 0.3 is 29.6 Å². The molecule has 0 heterocycles. The van der Waals surface area contributed by atoms with Crippen LogP contribution in [-0.2, 0) is 4.79 Å². The van der Waals surface area contributed by atoms with Crippen molar-refractivity contribution in [1.82, 2.24) is 0 Å². The van der Waals surface area contributed by atoms with Gasteiger partial charge in [-0.25, -0.2) is 0 Å². The number of hydrogen-bond donors (Lipinski definition) is 1. The maximum atomic E-state index is 8.58. The van der Waals surface area contributed by atoms with Crippen molar-refractivity contribution in [3.05, 3.63) is 0 Å². The van der Waals surface area contributed by atoms with Gasteiger partial charge in [0, 0.05) is 0 Å². The molecule has 4 heteroatoms. The predicted octanol–water partition coefficient (Wildman–Crippen LogP) is -6.89. The van der Waals surface area contributed by atoms with Crippen LogP contribution in [0.5, 0.6) is 0 Å². The van der Waals surface area contributed by atoms with E-state index in [2.05, 4.69) is 5.73 Å². The van der Waals surface area contributed by atoms with Crippen LogP contribution in [0, 0.1) is 0 Å². The molecular weight excluding hydrogens is 100 g/mol. The van der Waals surface area contributed by atoms with Crippen LogP contribution >= 0.6 is 0 Å². The summed E-state index contributed by atoms with van der Waals surface area (Å²) >= 11 is 0. The van der Waals surface area contributed by atoms with Gasteiger partial charge < -0.3 is 18.1 Å². The van der Waals surface area contributed by atoms with Crippen molar-refractivity contribution < 1.29 is 46.8 Å². The summed E-state index contributed by atoms with van der Waals surface area (Å²) < 4.78 is 0. The first-order chi connectivity index (χ1) is 1.41.